The largest absolute Gasteiger partial charge is 0.348 e. The van der Waals surface area contributed by atoms with Gasteiger partial charge in [-0.1, -0.05) is 0 Å². The molecule has 0 bridgehead atoms. The Labute approximate surface area is 188 Å². The van der Waals surface area contributed by atoms with Crippen molar-refractivity contribution in [1.82, 2.24) is 20.1 Å². The maximum absolute atomic E-state index is 13.0. The Hall–Kier alpha value is -3.55. The zero-order chi connectivity index (χ0) is 23.4. The van der Waals surface area contributed by atoms with Crippen LogP contribution in [0.4, 0.5) is 26.1 Å². The molecule has 11 heteroatoms. The van der Waals surface area contributed by atoms with Gasteiger partial charge in [0.25, 0.3) is 11.8 Å². The van der Waals surface area contributed by atoms with E-state index in [-0.39, 0.29) is 30.4 Å². The van der Waals surface area contributed by atoms with Crippen molar-refractivity contribution in [1.29, 1.82) is 5.26 Å². The van der Waals surface area contributed by atoms with Crippen molar-refractivity contribution < 1.29 is 18.4 Å². The number of hydrogen-bond donors (Lipinski definition) is 2. The summed E-state index contributed by atoms with van der Waals surface area (Å²) in [5.74, 6) is -2.44. The van der Waals surface area contributed by atoms with Crippen LogP contribution in [-0.4, -0.2) is 45.1 Å². The Balaban J connectivity index is 1.28. The minimum absolute atomic E-state index is 0.142. The Kier molecular flexibility index (Phi) is 4.84. The molecule has 3 heterocycles. The first-order chi connectivity index (χ1) is 15.7. The number of amides is 2. The maximum atomic E-state index is 13.0. The van der Waals surface area contributed by atoms with Gasteiger partial charge in [-0.05, 0) is 31.2 Å². The number of aromatic nitrogens is 3. The molecule has 2 N–H and O–H groups in total. The van der Waals surface area contributed by atoms with Crippen LogP contribution >= 0.6 is 0 Å². The molecule has 0 unspecified atom stereocenters. The summed E-state index contributed by atoms with van der Waals surface area (Å²) >= 11 is 0. The number of halogens is 2. The Bertz CT molecular complexity index is 1160. The number of pyridine rings is 1. The molecule has 2 aromatic heterocycles. The monoisotopic (exact) mass is 455 g/mol. The SMILES string of the molecule is Cn1nc(Nc2cc(N3CC[C@@](C#N)(C4CC4)C3=O)ccn2)cc1C(=O)NC1CC(F)(F)C1. The van der Waals surface area contributed by atoms with Crippen molar-refractivity contribution in [2.75, 3.05) is 16.8 Å². The highest BCUT2D eigenvalue weighted by Gasteiger charge is 2.56. The lowest BCUT2D eigenvalue weighted by molar-refractivity contribution is -0.123. The van der Waals surface area contributed by atoms with Crippen LogP contribution in [0.3, 0.4) is 0 Å². The molecule has 2 aromatic rings. The summed E-state index contributed by atoms with van der Waals surface area (Å²) in [5.41, 5.74) is -0.0678. The molecule has 1 atom stereocenters. The van der Waals surface area contributed by atoms with Gasteiger partial charge in [0, 0.05) is 56.5 Å². The number of hydrogen-bond acceptors (Lipinski definition) is 6. The van der Waals surface area contributed by atoms with E-state index >= 15 is 0 Å². The normalized spacial score (nSPS) is 24.3. The van der Waals surface area contributed by atoms with Crippen LogP contribution in [0.1, 0.15) is 42.6 Å². The molecule has 33 heavy (non-hydrogen) atoms. The molecule has 2 amide bonds. The summed E-state index contributed by atoms with van der Waals surface area (Å²) < 4.78 is 27.4. The first-order valence-corrected chi connectivity index (χ1v) is 10.9. The van der Waals surface area contributed by atoms with E-state index in [0.717, 1.165) is 12.8 Å². The van der Waals surface area contributed by atoms with Gasteiger partial charge in [-0.2, -0.15) is 10.4 Å². The van der Waals surface area contributed by atoms with Gasteiger partial charge in [-0.25, -0.2) is 13.8 Å². The summed E-state index contributed by atoms with van der Waals surface area (Å²) in [4.78, 5) is 31.4. The van der Waals surface area contributed by atoms with Gasteiger partial charge in [0.15, 0.2) is 5.82 Å². The van der Waals surface area contributed by atoms with E-state index in [1.807, 2.05) is 0 Å². The third kappa shape index (κ3) is 3.79. The number of rotatable bonds is 6. The molecule has 0 aromatic carbocycles. The molecule has 9 nitrogen and oxygen atoms in total. The average molecular weight is 455 g/mol. The van der Waals surface area contributed by atoms with Crippen LogP contribution in [0.5, 0.6) is 0 Å². The summed E-state index contributed by atoms with van der Waals surface area (Å²) in [6, 6.07) is 6.65. The molecule has 2 saturated carbocycles. The lowest BCUT2D eigenvalue weighted by Crippen LogP contribution is -2.50. The van der Waals surface area contributed by atoms with Crippen molar-refractivity contribution in [2.45, 2.75) is 44.1 Å². The van der Waals surface area contributed by atoms with Gasteiger partial charge < -0.3 is 15.5 Å². The molecule has 0 spiro atoms. The Morgan fingerprint density at radius 1 is 1.27 bits per heavy atom. The summed E-state index contributed by atoms with van der Waals surface area (Å²) in [5, 5.41) is 19.5. The number of nitrogens with one attached hydrogen (secondary N) is 2. The number of alkyl halides is 2. The molecular formula is C22H23F2N7O2. The van der Waals surface area contributed by atoms with Gasteiger partial charge in [-0.3, -0.25) is 14.3 Å². The number of nitriles is 1. The number of carbonyl (C=O) groups excluding carboxylic acids is 2. The van der Waals surface area contributed by atoms with Gasteiger partial charge >= 0.3 is 0 Å². The zero-order valence-corrected chi connectivity index (χ0v) is 18.0. The molecule has 0 radical (unpaired) electrons. The van der Waals surface area contributed by atoms with Gasteiger partial charge in [0.1, 0.15) is 16.9 Å². The van der Waals surface area contributed by atoms with Crippen LogP contribution in [0.15, 0.2) is 24.4 Å². The van der Waals surface area contributed by atoms with E-state index in [2.05, 4.69) is 26.8 Å². The summed E-state index contributed by atoms with van der Waals surface area (Å²) in [6.07, 6.45) is 3.18. The second-order valence-electron chi connectivity index (χ2n) is 9.06. The lowest BCUT2D eigenvalue weighted by Gasteiger charge is -2.35. The third-order valence-corrected chi connectivity index (χ3v) is 6.68. The highest BCUT2D eigenvalue weighted by atomic mass is 19.3. The molecular weight excluding hydrogens is 432 g/mol. The van der Waals surface area contributed by atoms with Crippen molar-refractivity contribution in [3.63, 3.8) is 0 Å². The average Bonchev–Trinajstić information content (AvgIpc) is 3.46. The third-order valence-electron chi connectivity index (χ3n) is 6.68. The van der Waals surface area contributed by atoms with Crippen molar-refractivity contribution in [3.05, 3.63) is 30.1 Å². The van der Waals surface area contributed by atoms with Crippen molar-refractivity contribution in [3.8, 4) is 6.07 Å². The number of nitrogens with zero attached hydrogens (tertiary/aromatic N) is 5. The molecule has 172 valence electrons. The van der Waals surface area contributed by atoms with E-state index < -0.39 is 23.3 Å². The van der Waals surface area contributed by atoms with E-state index in [1.54, 1.807) is 30.3 Å². The molecule has 3 fully saturated rings. The summed E-state index contributed by atoms with van der Waals surface area (Å²) in [6.45, 7) is 0.473. The standard InChI is InChI=1S/C22H23F2N7O2/c1-30-16(19(32)27-14-10-22(23,24)11-14)9-18(29-30)28-17-8-15(4-6-26-17)31-7-5-21(12-25,20(31)33)13-2-3-13/h4,6,8-9,13-14H,2-3,5,7,10-11H2,1H3,(H,27,32)(H,26,28,29)/t21-/m1/s1. The molecule has 1 aliphatic heterocycles. The maximum Gasteiger partial charge on any atom is 0.269 e. The molecule has 3 aliphatic rings. The van der Waals surface area contributed by atoms with Crippen LogP contribution in [-0.2, 0) is 11.8 Å². The minimum Gasteiger partial charge on any atom is -0.348 e. The van der Waals surface area contributed by atoms with Gasteiger partial charge in [-0.15, -0.1) is 0 Å². The fraction of sp³-hybridized carbons (Fsp3) is 0.500. The molecule has 1 saturated heterocycles. The first-order valence-electron chi connectivity index (χ1n) is 10.9. The highest BCUT2D eigenvalue weighted by Crippen LogP contribution is 2.52. The van der Waals surface area contributed by atoms with E-state index in [1.165, 1.54) is 10.7 Å². The zero-order valence-electron chi connectivity index (χ0n) is 18.0. The van der Waals surface area contributed by atoms with Crippen molar-refractivity contribution >= 4 is 29.1 Å². The van der Waals surface area contributed by atoms with Crippen LogP contribution < -0.4 is 15.5 Å². The van der Waals surface area contributed by atoms with E-state index in [0.29, 0.717) is 30.3 Å². The fourth-order valence-corrected chi connectivity index (χ4v) is 4.68. The first kappa shape index (κ1) is 21.3. The van der Waals surface area contributed by atoms with Gasteiger partial charge in [0.05, 0.1) is 6.07 Å². The molecule has 2 aliphatic carbocycles. The van der Waals surface area contributed by atoms with Crippen LogP contribution in [0.25, 0.3) is 0 Å². The van der Waals surface area contributed by atoms with E-state index in [4.69, 9.17) is 0 Å². The fourth-order valence-electron chi connectivity index (χ4n) is 4.68. The lowest BCUT2D eigenvalue weighted by atomic mass is 9.83. The van der Waals surface area contributed by atoms with Crippen LogP contribution in [0, 0.1) is 22.7 Å². The smallest absolute Gasteiger partial charge is 0.269 e. The van der Waals surface area contributed by atoms with Crippen molar-refractivity contribution in [2.24, 2.45) is 18.4 Å². The molecule has 5 rings (SSSR count). The highest BCUT2D eigenvalue weighted by molar-refractivity contribution is 6.02. The van der Waals surface area contributed by atoms with Gasteiger partial charge in [0.2, 0.25) is 5.91 Å². The number of aryl methyl sites for hydroxylation is 1. The quantitative estimate of drug-likeness (QED) is 0.692. The topological polar surface area (TPSA) is 116 Å². The second kappa shape index (κ2) is 7.50. The van der Waals surface area contributed by atoms with Crippen LogP contribution in [0.2, 0.25) is 0 Å². The second-order valence-corrected chi connectivity index (χ2v) is 9.06. The Morgan fingerprint density at radius 2 is 2.03 bits per heavy atom. The predicted octanol–water partition coefficient (Wildman–Crippen LogP) is 2.74. The summed E-state index contributed by atoms with van der Waals surface area (Å²) in [7, 11) is 1.58. The Morgan fingerprint density at radius 3 is 2.70 bits per heavy atom. The minimum atomic E-state index is -2.71. The predicted molar refractivity (Wildman–Crippen MR) is 114 cm³/mol. The number of anilines is 3. The number of carbonyl (C=O) groups is 2. The van der Waals surface area contributed by atoms with E-state index in [9.17, 15) is 23.6 Å².